The lowest BCUT2D eigenvalue weighted by Gasteiger charge is -2.15. The molecule has 0 aliphatic heterocycles. The Balaban J connectivity index is 1.13. The van der Waals surface area contributed by atoms with Crippen LogP contribution in [0.5, 0.6) is 0 Å². The molecule has 0 saturated heterocycles. The predicted molar refractivity (Wildman–Crippen MR) is 204 cm³/mol. The summed E-state index contributed by atoms with van der Waals surface area (Å²) in [4.78, 5) is 10.2. The van der Waals surface area contributed by atoms with Gasteiger partial charge in [0.2, 0.25) is 0 Å². The number of nitrogens with zero attached hydrogens (tertiary/aromatic N) is 2. The Hall–Kier alpha value is -6.58. The third-order valence-electron chi connectivity index (χ3n) is 9.67. The summed E-state index contributed by atoms with van der Waals surface area (Å²) in [6.07, 6.45) is 0. The van der Waals surface area contributed by atoms with Gasteiger partial charge in [-0.2, -0.15) is 0 Å². The van der Waals surface area contributed by atoms with Gasteiger partial charge in [-0.05, 0) is 73.8 Å². The van der Waals surface area contributed by atoms with Crippen molar-refractivity contribution < 1.29 is 4.42 Å². The van der Waals surface area contributed by atoms with Crippen LogP contribution in [0.1, 0.15) is 0 Å². The molecule has 0 unspecified atom stereocenters. The van der Waals surface area contributed by atoms with Crippen molar-refractivity contribution in [1.82, 2.24) is 9.97 Å². The van der Waals surface area contributed by atoms with Crippen LogP contribution in [0.15, 0.2) is 174 Å². The average molecular weight is 625 g/mol. The van der Waals surface area contributed by atoms with E-state index in [9.17, 15) is 0 Å². The molecule has 0 aliphatic rings. The standard InChI is InChI=1S/C46H28N2O/c1-2-11-32(12-3-1)46-47-41(28-42(48-46)34-23-24-38-37-16-8-9-17-43(37)49-44(38)27-34)30-18-20-31(21-19-30)45-36-15-7-5-13-33(36)26-40-35-14-6-4-10-29(35)22-25-39(40)45/h1-28H. The van der Waals surface area contributed by atoms with E-state index < -0.39 is 0 Å². The molecule has 3 heteroatoms. The number of para-hydroxylation sites is 1. The van der Waals surface area contributed by atoms with E-state index in [-0.39, 0.29) is 0 Å². The first-order chi connectivity index (χ1) is 24.3. The molecule has 0 radical (unpaired) electrons. The van der Waals surface area contributed by atoms with Gasteiger partial charge in [-0.15, -0.1) is 0 Å². The zero-order valence-electron chi connectivity index (χ0n) is 26.5. The normalized spacial score (nSPS) is 11.7. The van der Waals surface area contributed by atoms with E-state index in [1.807, 2.05) is 36.4 Å². The molecular weight excluding hydrogens is 597 g/mol. The fraction of sp³-hybridized carbons (Fsp3) is 0. The van der Waals surface area contributed by atoms with Gasteiger partial charge in [-0.3, -0.25) is 0 Å². The van der Waals surface area contributed by atoms with Crippen LogP contribution in [0.2, 0.25) is 0 Å². The highest BCUT2D eigenvalue weighted by molar-refractivity contribution is 6.20. The van der Waals surface area contributed by atoms with Gasteiger partial charge in [0, 0.05) is 27.5 Å². The second kappa shape index (κ2) is 11.0. The topological polar surface area (TPSA) is 38.9 Å². The van der Waals surface area contributed by atoms with Crippen LogP contribution in [0.3, 0.4) is 0 Å². The van der Waals surface area contributed by atoms with Gasteiger partial charge in [0.1, 0.15) is 11.2 Å². The summed E-state index contributed by atoms with van der Waals surface area (Å²) >= 11 is 0. The first kappa shape index (κ1) is 27.5. The summed E-state index contributed by atoms with van der Waals surface area (Å²) in [5, 5.41) is 9.74. The lowest BCUT2D eigenvalue weighted by atomic mass is 9.89. The summed E-state index contributed by atoms with van der Waals surface area (Å²) < 4.78 is 6.24. The fourth-order valence-corrected chi connectivity index (χ4v) is 7.28. The van der Waals surface area contributed by atoms with Gasteiger partial charge in [-0.1, -0.05) is 140 Å². The Morgan fingerprint density at radius 2 is 0.939 bits per heavy atom. The van der Waals surface area contributed by atoms with Crippen molar-refractivity contribution in [2.45, 2.75) is 0 Å². The molecule has 10 rings (SSSR count). The summed E-state index contributed by atoms with van der Waals surface area (Å²) in [5.41, 5.74) is 8.86. The second-order valence-electron chi connectivity index (χ2n) is 12.6. The summed E-state index contributed by atoms with van der Waals surface area (Å²) in [5.74, 6) is 0.689. The van der Waals surface area contributed by atoms with E-state index in [1.54, 1.807) is 0 Å². The molecule has 0 bridgehead atoms. The highest BCUT2D eigenvalue weighted by Gasteiger charge is 2.15. The molecule has 0 N–H and O–H groups in total. The minimum absolute atomic E-state index is 0.689. The fourth-order valence-electron chi connectivity index (χ4n) is 7.28. The molecule has 0 atom stereocenters. The lowest BCUT2D eigenvalue weighted by Crippen LogP contribution is -1.96. The second-order valence-corrected chi connectivity index (χ2v) is 12.6. The summed E-state index contributed by atoms with van der Waals surface area (Å²) in [6, 6.07) is 59.8. The van der Waals surface area contributed by atoms with E-state index in [2.05, 4.69) is 133 Å². The molecule has 0 saturated carbocycles. The van der Waals surface area contributed by atoms with Crippen molar-refractivity contribution in [2.75, 3.05) is 0 Å². The monoisotopic (exact) mass is 624 g/mol. The maximum atomic E-state index is 6.24. The maximum Gasteiger partial charge on any atom is 0.160 e. The number of benzene rings is 8. The molecule has 0 fully saturated rings. The summed E-state index contributed by atoms with van der Waals surface area (Å²) in [6.45, 7) is 0. The smallest absolute Gasteiger partial charge is 0.160 e. The van der Waals surface area contributed by atoms with E-state index in [0.717, 1.165) is 50.0 Å². The molecule has 2 aromatic heterocycles. The Labute approximate surface area is 282 Å². The van der Waals surface area contributed by atoms with Crippen LogP contribution in [-0.2, 0) is 0 Å². The van der Waals surface area contributed by atoms with Gasteiger partial charge >= 0.3 is 0 Å². The van der Waals surface area contributed by atoms with Crippen molar-refractivity contribution in [3.05, 3.63) is 170 Å². The third kappa shape index (κ3) is 4.59. The van der Waals surface area contributed by atoms with E-state index >= 15 is 0 Å². The van der Waals surface area contributed by atoms with Crippen molar-refractivity contribution in [2.24, 2.45) is 0 Å². The number of rotatable bonds is 4. The summed E-state index contributed by atoms with van der Waals surface area (Å²) in [7, 11) is 0. The van der Waals surface area contributed by atoms with Gasteiger partial charge in [-0.25, -0.2) is 9.97 Å². The Morgan fingerprint density at radius 3 is 1.78 bits per heavy atom. The van der Waals surface area contributed by atoms with Crippen molar-refractivity contribution in [3.8, 4) is 45.0 Å². The minimum atomic E-state index is 0.689. The first-order valence-corrected chi connectivity index (χ1v) is 16.6. The third-order valence-corrected chi connectivity index (χ3v) is 9.67. The Bertz CT molecular complexity index is 2870. The molecule has 3 nitrogen and oxygen atoms in total. The van der Waals surface area contributed by atoms with Gasteiger partial charge in [0.15, 0.2) is 5.82 Å². The molecule has 0 aliphatic carbocycles. The Morgan fingerprint density at radius 1 is 0.327 bits per heavy atom. The first-order valence-electron chi connectivity index (χ1n) is 16.6. The SMILES string of the molecule is c1ccc(-c2nc(-c3ccc(-c4c5ccccc5cc5c4ccc4ccccc45)cc3)cc(-c3ccc4c(c3)oc3ccccc34)n2)cc1. The number of fused-ring (bicyclic) bond motifs is 7. The van der Waals surface area contributed by atoms with Crippen LogP contribution in [0.4, 0.5) is 0 Å². The zero-order chi connectivity index (χ0) is 32.3. The van der Waals surface area contributed by atoms with E-state index in [4.69, 9.17) is 14.4 Å². The molecule has 8 aromatic carbocycles. The highest BCUT2D eigenvalue weighted by atomic mass is 16.3. The van der Waals surface area contributed by atoms with Gasteiger partial charge < -0.3 is 4.42 Å². The minimum Gasteiger partial charge on any atom is -0.456 e. The molecular formula is C46H28N2O. The molecule has 0 amide bonds. The van der Waals surface area contributed by atoms with Crippen molar-refractivity contribution in [1.29, 1.82) is 0 Å². The van der Waals surface area contributed by atoms with Crippen LogP contribution >= 0.6 is 0 Å². The molecule has 2 heterocycles. The predicted octanol–water partition coefficient (Wildman–Crippen LogP) is 12.5. The molecule has 0 spiro atoms. The number of furan rings is 1. The van der Waals surface area contributed by atoms with Crippen LogP contribution in [-0.4, -0.2) is 9.97 Å². The van der Waals surface area contributed by atoms with Crippen LogP contribution < -0.4 is 0 Å². The van der Waals surface area contributed by atoms with Crippen LogP contribution in [0, 0.1) is 0 Å². The quantitative estimate of drug-likeness (QED) is 0.144. The molecule has 228 valence electrons. The number of hydrogen-bond acceptors (Lipinski definition) is 3. The largest absolute Gasteiger partial charge is 0.456 e. The molecule has 49 heavy (non-hydrogen) atoms. The Kier molecular flexibility index (Phi) is 6.18. The maximum absolute atomic E-state index is 6.24. The lowest BCUT2D eigenvalue weighted by molar-refractivity contribution is 0.669. The number of aromatic nitrogens is 2. The highest BCUT2D eigenvalue weighted by Crippen LogP contribution is 2.40. The van der Waals surface area contributed by atoms with E-state index in [1.165, 1.54) is 43.4 Å². The molecule has 10 aromatic rings. The van der Waals surface area contributed by atoms with Crippen molar-refractivity contribution >= 4 is 54.3 Å². The van der Waals surface area contributed by atoms with Crippen molar-refractivity contribution in [3.63, 3.8) is 0 Å². The number of hydrogen-bond donors (Lipinski definition) is 0. The van der Waals surface area contributed by atoms with Gasteiger partial charge in [0.25, 0.3) is 0 Å². The average Bonchev–Trinajstić information content (AvgIpc) is 3.55. The van der Waals surface area contributed by atoms with Crippen LogP contribution in [0.25, 0.3) is 99.3 Å². The van der Waals surface area contributed by atoms with E-state index in [0.29, 0.717) is 5.82 Å². The van der Waals surface area contributed by atoms with Gasteiger partial charge in [0.05, 0.1) is 11.4 Å². The zero-order valence-corrected chi connectivity index (χ0v) is 26.5.